The van der Waals surface area contributed by atoms with Crippen LogP contribution in [-0.2, 0) is 43.8 Å². The van der Waals surface area contributed by atoms with Crippen molar-refractivity contribution in [2.75, 3.05) is 41.2 Å². The molecule has 0 aliphatic carbocycles. The van der Waals surface area contributed by atoms with E-state index >= 15 is 0 Å². The molecule has 0 bridgehead atoms. The third kappa shape index (κ3) is 10.2. The van der Waals surface area contributed by atoms with Crippen molar-refractivity contribution in [3.63, 3.8) is 0 Å². The Balaban J connectivity index is 5.10. The summed E-state index contributed by atoms with van der Waals surface area (Å²) in [4.78, 5) is 0. The molecule has 0 aromatic rings. The lowest BCUT2D eigenvalue weighted by Crippen LogP contribution is -2.33. The van der Waals surface area contributed by atoms with E-state index in [2.05, 4.69) is 0 Å². The lowest BCUT2D eigenvalue weighted by molar-refractivity contribution is 0.109. The quantitative estimate of drug-likeness (QED) is 0.290. The van der Waals surface area contributed by atoms with Crippen LogP contribution >= 0.6 is 7.82 Å². The van der Waals surface area contributed by atoms with Gasteiger partial charge < -0.3 is 26.6 Å². The number of hydrogen-bond donors (Lipinski definition) is 0. The molecule has 0 saturated heterocycles. The topological polar surface area (TPSA) is 100 Å². The van der Waals surface area contributed by atoms with Gasteiger partial charge in [0, 0.05) is 41.2 Å². The predicted octanol–water partition coefficient (Wildman–Crippen LogP) is 1.15. The fraction of sp³-hybridized carbons (Fsp3) is 1.00. The zero-order valence-electron chi connectivity index (χ0n) is 14.2. The van der Waals surface area contributed by atoms with Gasteiger partial charge >= 0.3 is 36.4 Å². The van der Waals surface area contributed by atoms with E-state index in [0.29, 0.717) is 19.8 Å². The van der Waals surface area contributed by atoms with E-state index in [-0.39, 0.29) is 0 Å². The summed E-state index contributed by atoms with van der Waals surface area (Å²) in [6.07, 6.45) is 0. The van der Waals surface area contributed by atoms with E-state index in [0.717, 1.165) is 0 Å². The highest BCUT2D eigenvalue weighted by Crippen LogP contribution is 2.51. The maximum Gasteiger partial charge on any atom is 0.586 e. The summed E-state index contributed by atoms with van der Waals surface area (Å²) in [6, 6.07) is 0. The van der Waals surface area contributed by atoms with Crippen LogP contribution in [0.4, 0.5) is 0 Å². The van der Waals surface area contributed by atoms with Crippen LogP contribution in [0.5, 0.6) is 0 Å². The molecule has 0 aliphatic rings. The van der Waals surface area contributed by atoms with Crippen LogP contribution in [0.2, 0.25) is 0 Å². The first-order valence-electron chi connectivity index (χ1n) is 6.78. The summed E-state index contributed by atoms with van der Waals surface area (Å²) < 4.78 is 59.5. The summed E-state index contributed by atoms with van der Waals surface area (Å²) in [5.74, 6) is 0. The minimum absolute atomic E-state index is 0.309. The first-order chi connectivity index (χ1) is 11.0. The fourth-order valence-electron chi connectivity index (χ4n) is 1.05. The van der Waals surface area contributed by atoms with Crippen LogP contribution in [0.25, 0.3) is 0 Å². The van der Waals surface area contributed by atoms with Gasteiger partial charge in [0.15, 0.2) is 0 Å². The Morgan fingerprint density at radius 3 is 1.09 bits per heavy atom. The molecule has 0 aromatic carbocycles. The Bertz CT molecular complexity index is 291. The maximum absolute atomic E-state index is 12.9. The molecule has 0 N–H and O–H groups in total. The monoisotopic (exact) mass is 407 g/mol. The van der Waals surface area contributed by atoms with Crippen LogP contribution in [-0.4, -0.2) is 69.7 Å². The third-order valence-electron chi connectivity index (χ3n) is 1.85. The van der Waals surface area contributed by atoms with Gasteiger partial charge in [-0.2, -0.15) is 0 Å². The fourth-order valence-corrected chi connectivity index (χ4v) is 7.28. The Morgan fingerprint density at radius 2 is 0.913 bits per heavy atom. The third-order valence-corrected chi connectivity index (χ3v) is 8.89. The van der Waals surface area contributed by atoms with E-state index in [1.54, 1.807) is 20.8 Å². The van der Waals surface area contributed by atoms with Crippen LogP contribution in [0.3, 0.4) is 0 Å². The Hall–Kier alpha value is 0.521. The highest BCUT2D eigenvalue weighted by atomic mass is 31.2. The highest BCUT2D eigenvalue weighted by Gasteiger charge is 2.44. The number of hydrogen-bond acceptors (Lipinski definition) is 10. The van der Waals surface area contributed by atoms with Gasteiger partial charge in [-0.15, -0.1) is 0 Å². The molecule has 0 unspecified atom stereocenters. The molecule has 10 nitrogen and oxygen atoms in total. The van der Waals surface area contributed by atoms with Crippen molar-refractivity contribution in [1.82, 2.24) is 0 Å². The van der Waals surface area contributed by atoms with Gasteiger partial charge in [-0.1, -0.05) is 0 Å². The first-order valence-corrected chi connectivity index (χ1v) is 11.9. The zero-order valence-corrected chi connectivity index (χ0v) is 18.0. The van der Waals surface area contributed by atoms with Gasteiger partial charge in [-0.05, 0) is 20.8 Å². The van der Waals surface area contributed by atoms with E-state index in [9.17, 15) is 4.57 Å². The molecular formula is C9H24O10PSi3. The van der Waals surface area contributed by atoms with Gasteiger partial charge in [0.25, 0.3) is 0 Å². The molecule has 0 saturated carbocycles. The van der Waals surface area contributed by atoms with Crippen molar-refractivity contribution >= 4 is 36.4 Å². The van der Waals surface area contributed by atoms with Crippen molar-refractivity contribution in [1.29, 1.82) is 0 Å². The van der Waals surface area contributed by atoms with E-state index in [1.165, 1.54) is 21.3 Å². The van der Waals surface area contributed by atoms with Crippen molar-refractivity contribution in [3.05, 3.63) is 0 Å². The van der Waals surface area contributed by atoms with Gasteiger partial charge in [-0.3, -0.25) is 12.6 Å². The SMILES string of the molecule is CCO[Si](OC)OP(=O)(O[Si](OC)OCC)O[Si](OC)OCC. The van der Waals surface area contributed by atoms with Crippen LogP contribution < -0.4 is 0 Å². The van der Waals surface area contributed by atoms with E-state index in [4.69, 9.17) is 39.2 Å². The van der Waals surface area contributed by atoms with Crippen molar-refractivity contribution in [2.45, 2.75) is 20.8 Å². The summed E-state index contributed by atoms with van der Waals surface area (Å²) in [5.41, 5.74) is 0. The Kier molecular flexibility index (Phi) is 14.1. The minimum atomic E-state index is -4.14. The molecule has 0 spiro atoms. The molecule has 14 heteroatoms. The Labute approximate surface area is 142 Å². The Morgan fingerprint density at radius 1 is 0.652 bits per heavy atom. The molecule has 137 valence electrons. The summed E-state index contributed by atoms with van der Waals surface area (Å²) >= 11 is 0. The summed E-state index contributed by atoms with van der Waals surface area (Å²) in [5, 5.41) is 0. The second-order valence-corrected chi connectivity index (χ2v) is 10.1. The van der Waals surface area contributed by atoms with Crippen molar-refractivity contribution in [3.8, 4) is 0 Å². The largest absolute Gasteiger partial charge is 0.586 e. The molecule has 0 atom stereocenters. The second kappa shape index (κ2) is 13.8. The number of rotatable bonds is 15. The summed E-state index contributed by atoms with van der Waals surface area (Å²) in [6.45, 7) is 6.16. The molecule has 23 heavy (non-hydrogen) atoms. The standard InChI is InChI=1S/C9H24O10PSi3/c1-7-14-21(11-4)17-20(10,18-22(12-5)15-8-2)19-23(13-6)16-9-3/h7-9H2,1-6H3. The lowest BCUT2D eigenvalue weighted by atomic mass is 10.9. The molecule has 0 aliphatic heterocycles. The maximum atomic E-state index is 12.9. The zero-order chi connectivity index (χ0) is 17.7. The molecule has 0 fully saturated rings. The van der Waals surface area contributed by atoms with E-state index < -0.39 is 36.4 Å². The normalized spacial score (nSPS) is 12.7. The highest BCUT2D eigenvalue weighted by molar-refractivity contribution is 7.52. The molecule has 3 radical (unpaired) electrons. The van der Waals surface area contributed by atoms with Gasteiger partial charge in [-0.25, -0.2) is 4.57 Å². The van der Waals surface area contributed by atoms with Gasteiger partial charge in [0.1, 0.15) is 0 Å². The summed E-state index contributed by atoms with van der Waals surface area (Å²) in [7, 11) is -7.04. The lowest BCUT2D eigenvalue weighted by Gasteiger charge is -2.24. The first kappa shape index (κ1) is 23.5. The van der Waals surface area contributed by atoms with E-state index in [1.807, 2.05) is 0 Å². The van der Waals surface area contributed by atoms with Gasteiger partial charge in [0.05, 0.1) is 0 Å². The average molecular weight is 408 g/mol. The average Bonchev–Trinajstić information content (AvgIpc) is 2.53. The molecular weight excluding hydrogens is 383 g/mol. The molecule has 0 rings (SSSR count). The smallest absolute Gasteiger partial charge is 0.374 e. The predicted molar refractivity (Wildman–Crippen MR) is 84.0 cm³/mol. The van der Waals surface area contributed by atoms with Crippen LogP contribution in [0.15, 0.2) is 0 Å². The minimum Gasteiger partial charge on any atom is -0.374 e. The molecule has 0 aromatic heterocycles. The molecule has 0 heterocycles. The van der Waals surface area contributed by atoms with Crippen molar-refractivity contribution < 1.29 is 43.8 Å². The van der Waals surface area contributed by atoms with Crippen LogP contribution in [0.1, 0.15) is 20.8 Å². The molecule has 0 amide bonds. The second-order valence-electron chi connectivity index (χ2n) is 3.38. The van der Waals surface area contributed by atoms with Crippen LogP contribution in [0, 0.1) is 0 Å². The van der Waals surface area contributed by atoms with Crippen molar-refractivity contribution in [2.24, 2.45) is 0 Å². The number of phosphoric acid groups is 1. The van der Waals surface area contributed by atoms with Gasteiger partial charge in [0.2, 0.25) is 0 Å².